The maximum Gasteiger partial charge on any atom is 0.291 e. The monoisotopic (exact) mass is 456 g/mol. The van der Waals surface area contributed by atoms with Gasteiger partial charge in [0.15, 0.2) is 5.76 Å². The predicted octanol–water partition coefficient (Wildman–Crippen LogP) is 5.00. The quantitative estimate of drug-likeness (QED) is 0.423. The molecule has 2 heterocycles. The number of benzene rings is 2. The molecule has 2 N–H and O–H groups in total. The summed E-state index contributed by atoms with van der Waals surface area (Å²) in [6, 6.07) is 16.6. The van der Waals surface area contributed by atoms with Crippen LogP contribution in [0.3, 0.4) is 0 Å². The van der Waals surface area contributed by atoms with E-state index in [-0.39, 0.29) is 17.3 Å². The van der Waals surface area contributed by atoms with Gasteiger partial charge >= 0.3 is 0 Å². The third-order valence-electron chi connectivity index (χ3n) is 5.76. The maximum atomic E-state index is 13.1. The molecule has 0 spiro atoms. The Morgan fingerprint density at radius 3 is 2.62 bits per heavy atom. The van der Waals surface area contributed by atoms with E-state index in [2.05, 4.69) is 20.8 Å². The highest BCUT2D eigenvalue weighted by molar-refractivity contribution is 6.09. The van der Waals surface area contributed by atoms with Gasteiger partial charge in [0.25, 0.3) is 11.8 Å². The van der Waals surface area contributed by atoms with Crippen LogP contribution in [0.1, 0.15) is 50.8 Å². The van der Waals surface area contributed by atoms with Crippen molar-refractivity contribution in [3.8, 4) is 0 Å². The van der Waals surface area contributed by atoms with E-state index in [1.54, 1.807) is 13.0 Å². The first kappa shape index (κ1) is 21.5. The van der Waals surface area contributed by atoms with E-state index in [9.17, 15) is 14.0 Å². The van der Waals surface area contributed by atoms with Gasteiger partial charge in [-0.15, -0.1) is 0 Å². The number of nitrogens with zero attached hydrogens (tertiary/aromatic N) is 2. The molecule has 0 saturated carbocycles. The third-order valence-corrected chi connectivity index (χ3v) is 5.76. The summed E-state index contributed by atoms with van der Waals surface area (Å²) in [6.07, 6.45) is 2.08. The summed E-state index contributed by atoms with van der Waals surface area (Å²) in [4.78, 5) is 29.9. The van der Waals surface area contributed by atoms with E-state index in [1.165, 1.54) is 24.3 Å². The molecule has 0 radical (unpaired) electrons. The summed E-state index contributed by atoms with van der Waals surface area (Å²) in [6.45, 7) is 1.79. The molecule has 0 saturated heterocycles. The van der Waals surface area contributed by atoms with E-state index in [4.69, 9.17) is 4.42 Å². The second-order valence-electron chi connectivity index (χ2n) is 8.06. The van der Waals surface area contributed by atoms with Crippen molar-refractivity contribution >= 4 is 34.1 Å². The van der Waals surface area contributed by atoms with Crippen LogP contribution in [0.5, 0.6) is 0 Å². The van der Waals surface area contributed by atoms with Crippen molar-refractivity contribution in [3.05, 3.63) is 94.8 Å². The Kier molecular flexibility index (Phi) is 5.63. The van der Waals surface area contributed by atoms with Crippen LogP contribution in [0.2, 0.25) is 0 Å². The van der Waals surface area contributed by atoms with Crippen molar-refractivity contribution in [3.63, 3.8) is 0 Å². The van der Waals surface area contributed by atoms with Crippen molar-refractivity contribution in [1.82, 2.24) is 10.4 Å². The Labute approximate surface area is 194 Å². The fourth-order valence-electron chi connectivity index (χ4n) is 4.09. The zero-order chi connectivity index (χ0) is 23.7. The number of carbonyl (C=O) groups excluding carboxylic acids is 2. The van der Waals surface area contributed by atoms with Crippen molar-refractivity contribution in [2.45, 2.75) is 26.2 Å². The number of hydrogen-bond donors (Lipinski definition) is 2. The molecule has 2 amide bonds. The van der Waals surface area contributed by atoms with Gasteiger partial charge in [-0.25, -0.2) is 14.8 Å². The van der Waals surface area contributed by atoms with Crippen molar-refractivity contribution in [2.75, 3.05) is 5.32 Å². The number of carbonyl (C=O) groups is 2. The number of hydrogen-bond acceptors (Lipinski definition) is 5. The minimum atomic E-state index is -0.428. The summed E-state index contributed by atoms with van der Waals surface area (Å²) in [7, 11) is 0. The zero-order valence-corrected chi connectivity index (χ0v) is 18.4. The summed E-state index contributed by atoms with van der Waals surface area (Å²) in [5.41, 5.74) is 6.08. The highest BCUT2D eigenvalue weighted by Gasteiger charge is 2.28. The van der Waals surface area contributed by atoms with Gasteiger partial charge in [0, 0.05) is 28.6 Å². The normalized spacial score (nSPS) is 14.1. The minimum absolute atomic E-state index is 0.173. The number of nitrogens with one attached hydrogen (secondary N) is 2. The van der Waals surface area contributed by atoms with Gasteiger partial charge in [0.1, 0.15) is 17.3 Å². The SMILES string of the molecule is Cc1c(C(=O)Nc2ccc(F)cc2)oc2c1/C(=N/NC(=O)c1ccc3ccccc3n1)CCC2. The van der Waals surface area contributed by atoms with E-state index in [0.717, 1.165) is 22.9 Å². The fourth-order valence-corrected chi connectivity index (χ4v) is 4.09. The van der Waals surface area contributed by atoms with Crippen molar-refractivity contribution in [2.24, 2.45) is 5.10 Å². The molecule has 34 heavy (non-hydrogen) atoms. The molecule has 1 aliphatic carbocycles. The molecule has 0 fully saturated rings. The van der Waals surface area contributed by atoms with E-state index < -0.39 is 11.8 Å². The number of para-hydroxylation sites is 1. The number of rotatable bonds is 4. The highest BCUT2D eigenvalue weighted by atomic mass is 19.1. The molecule has 0 unspecified atom stereocenters. The lowest BCUT2D eigenvalue weighted by molar-refractivity contribution is 0.0949. The van der Waals surface area contributed by atoms with Gasteiger partial charge < -0.3 is 9.73 Å². The lowest BCUT2D eigenvalue weighted by Gasteiger charge is -2.13. The molecule has 170 valence electrons. The van der Waals surface area contributed by atoms with Crippen LogP contribution in [-0.2, 0) is 6.42 Å². The number of amides is 2. The van der Waals surface area contributed by atoms with Crippen LogP contribution in [0.25, 0.3) is 10.9 Å². The smallest absolute Gasteiger partial charge is 0.291 e. The Morgan fingerprint density at radius 1 is 1.00 bits per heavy atom. The third kappa shape index (κ3) is 4.17. The summed E-state index contributed by atoms with van der Waals surface area (Å²) in [5, 5.41) is 8.02. The van der Waals surface area contributed by atoms with Crippen LogP contribution in [-0.4, -0.2) is 22.5 Å². The van der Waals surface area contributed by atoms with Crippen LogP contribution >= 0.6 is 0 Å². The van der Waals surface area contributed by atoms with E-state index in [1.807, 2.05) is 30.3 Å². The molecular formula is C26H21FN4O3. The zero-order valence-electron chi connectivity index (χ0n) is 18.4. The van der Waals surface area contributed by atoms with Crippen LogP contribution in [0.15, 0.2) is 70.2 Å². The van der Waals surface area contributed by atoms with Gasteiger partial charge in [-0.1, -0.05) is 24.3 Å². The second kappa shape index (κ2) is 8.90. The van der Waals surface area contributed by atoms with Crippen LogP contribution in [0.4, 0.5) is 10.1 Å². The van der Waals surface area contributed by atoms with Crippen LogP contribution in [0, 0.1) is 12.7 Å². The predicted molar refractivity (Wildman–Crippen MR) is 126 cm³/mol. The average Bonchev–Trinajstić information content (AvgIpc) is 3.20. The molecule has 8 heteroatoms. The molecule has 2 aromatic heterocycles. The number of aromatic nitrogens is 1. The van der Waals surface area contributed by atoms with Gasteiger partial charge in [-0.3, -0.25) is 9.59 Å². The largest absolute Gasteiger partial charge is 0.455 e. The summed E-state index contributed by atoms with van der Waals surface area (Å²) < 4.78 is 19.0. The molecule has 4 aromatic rings. The number of anilines is 1. The second-order valence-corrected chi connectivity index (χ2v) is 8.06. The number of aryl methyl sites for hydroxylation is 1. The van der Waals surface area contributed by atoms with E-state index in [0.29, 0.717) is 35.6 Å². The number of halogens is 1. The van der Waals surface area contributed by atoms with Crippen molar-refractivity contribution in [1.29, 1.82) is 0 Å². The Balaban J connectivity index is 1.37. The molecule has 0 atom stereocenters. The lowest BCUT2D eigenvalue weighted by atomic mass is 9.93. The number of hydrazone groups is 1. The summed E-state index contributed by atoms with van der Waals surface area (Å²) in [5.74, 6) is -0.399. The first-order valence-electron chi connectivity index (χ1n) is 10.9. The molecule has 5 rings (SSSR count). The Hall–Kier alpha value is -4.33. The molecule has 0 aliphatic heterocycles. The molecular weight excluding hydrogens is 435 g/mol. The van der Waals surface area contributed by atoms with Crippen LogP contribution < -0.4 is 10.7 Å². The summed E-state index contributed by atoms with van der Waals surface area (Å²) >= 11 is 0. The first-order valence-corrected chi connectivity index (χ1v) is 10.9. The van der Waals surface area contributed by atoms with Gasteiger partial charge in [-0.2, -0.15) is 5.10 Å². The molecule has 7 nitrogen and oxygen atoms in total. The van der Waals surface area contributed by atoms with Gasteiger partial charge in [0.2, 0.25) is 0 Å². The van der Waals surface area contributed by atoms with E-state index >= 15 is 0 Å². The molecule has 1 aliphatic rings. The molecule has 0 bridgehead atoms. The van der Waals surface area contributed by atoms with Gasteiger partial charge in [0.05, 0.1) is 11.2 Å². The Bertz CT molecular complexity index is 1440. The number of pyridine rings is 1. The number of furan rings is 1. The maximum absolute atomic E-state index is 13.1. The lowest BCUT2D eigenvalue weighted by Crippen LogP contribution is -2.23. The topological polar surface area (TPSA) is 96.6 Å². The minimum Gasteiger partial charge on any atom is -0.455 e. The fraction of sp³-hybridized carbons (Fsp3) is 0.154. The first-order chi connectivity index (χ1) is 16.5. The van der Waals surface area contributed by atoms with Gasteiger partial charge in [-0.05, 0) is 56.2 Å². The number of fused-ring (bicyclic) bond motifs is 2. The van der Waals surface area contributed by atoms with Crippen molar-refractivity contribution < 1.29 is 18.4 Å². The standard InChI is InChI=1S/C26H21FN4O3/c1-15-23-20(30-31-25(32)21-14-9-16-5-2-3-6-19(16)29-21)7-4-8-22(23)34-24(15)26(33)28-18-12-10-17(27)11-13-18/h2-3,5-6,9-14H,4,7-8H2,1H3,(H,28,33)(H,31,32)/b30-20+. The Morgan fingerprint density at radius 2 is 1.79 bits per heavy atom. The average molecular weight is 456 g/mol. The molecule has 2 aromatic carbocycles. The highest BCUT2D eigenvalue weighted by Crippen LogP contribution is 2.30.